The molecule has 112 valence electrons. The lowest BCUT2D eigenvalue weighted by atomic mass is 9.81. The largest absolute Gasteiger partial charge is 0.271 e. The summed E-state index contributed by atoms with van der Waals surface area (Å²) in [7, 11) is 0. The van der Waals surface area contributed by atoms with Crippen LogP contribution in [0.5, 0.6) is 0 Å². The molecule has 2 atom stereocenters. The molecule has 0 spiro atoms. The summed E-state index contributed by atoms with van der Waals surface area (Å²) in [4.78, 5) is 0. The van der Waals surface area contributed by atoms with Crippen molar-refractivity contribution in [2.45, 2.75) is 57.9 Å². The summed E-state index contributed by atoms with van der Waals surface area (Å²) in [6.45, 7) is 4.07. The van der Waals surface area contributed by atoms with E-state index in [1.807, 2.05) is 13.8 Å². The molecule has 0 aromatic heterocycles. The molecule has 0 saturated heterocycles. The van der Waals surface area contributed by atoms with Crippen molar-refractivity contribution >= 4 is 0 Å². The number of nitrogens with two attached hydrogens (primary N) is 1. The standard InChI is InChI=1S/C16H24F2N2/c1-11-5-6-12(2)14(8-11)15(20-19)9-13-4-3-7-16(17,18)10-13/h5-6,8,13,15,20H,3-4,7,9-10,19H2,1-2H3. The van der Waals surface area contributed by atoms with Crippen LogP contribution in [0, 0.1) is 19.8 Å². The van der Waals surface area contributed by atoms with Crippen LogP contribution in [0.2, 0.25) is 0 Å². The molecule has 1 saturated carbocycles. The van der Waals surface area contributed by atoms with E-state index in [0.717, 1.165) is 17.5 Å². The molecule has 2 rings (SSSR count). The maximum absolute atomic E-state index is 13.5. The Bertz CT molecular complexity index is 460. The highest BCUT2D eigenvalue weighted by molar-refractivity contribution is 5.33. The van der Waals surface area contributed by atoms with E-state index in [9.17, 15) is 8.78 Å². The topological polar surface area (TPSA) is 38.0 Å². The zero-order valence-electron chi connectivity index (χ0n) is 12.3. The van der Waals surface area contributed by atoms with E-state index in [-0.39, 0.29) is 24.8 Å². The molecule has 0 heterocycles. The first-order valence-electron chi connectivity index (χ1n) is 7.32. The SMILES string of the molecule is Cc1ccc(C)c(C(CC2CCCC(F)(F)C2)NN)c1. The maximum Gasteiger partial charge on any atom is 0.248 e. The second-order valence-corrected chi connectivity index (χ2v) is 6.13. The van der Waals surface area contributed by atoms with Gasteiger partial charge >= 0.3 is 0 Å². The van der Waals surface area contributed by atoms with Crippen molar-refractivity contribution in [3.05, 3.63) is 34.9 Å². The van der Waals surface area contributed by atoms with Crippen molar-refractivity contribution in [3.63, 3.8) is 0 Å². The summed E-state index contributed by atoms with van der Waals surface area (Å²) in [5.74, 6) is 3.22. The molecule has 1 fully saturated rings. The minimum absolute atomic E-state index is 0.00393. The molecule has 20 heavy (non-hydrogen) atoms. The fourth-order valence-electron chi connectivity index (χ4n) is 3.23. The van der Waals surface area contributed by atoms with Crippen molar-refractivity contribution in [1.82, 2.24) is 5.43 Å². The van der Waals surface area contributed by atoms with Gasteiger partial charge in [-0.05, 0) is 50.2 Å². The van der Waals surface area contributed by atoms with Crippen LogP contribution in [-0.4, -0.2) is 5.92 Å². The second kappa shape index (κ2) is 6.19. The molecule has 3 N–H and O–H groups in total. The molecule has 0 bridgehead atoms. The monoisotopic (exact) mass is 282 g/mol. The summed E-state index contributed by atoms with van der Waals surface area (Å²) < 4.78 is 27.0. The van der Waals surface area contributed by atoms with E-state index in [1.165, 1.54) is 5.56 Å². The van der Waals surface area contributed by atoms with Crippen LogP contribution in [0.1, 0.15) is 54.8 Å². The van der Waals surface area contributed by atoms with Gasteiger partial charge < -0.3 is 0 Å². The molecule has 1 aliphatic rings. The van der Waals surface area contributed by atoms with Gasteiger partial charge in [0.25, 0.3) is 0 Å². The van der Waals surface area contributed by atoms with Gasteiger partial charge in [0.2, 0.25) is 5.92 Å². The predicted molar refractivity (Wildman–Crippen MR) is 77.5 cm³/mol. The lowest BCUT2D eigenvalue weighted by molar-refractivity contribution is -0.0548. The third-order valence-corrected chi connectivity index (χ3v) is 4.32. The average molecular weight is 282 g/mol. The predicted octanol–water partition coefficient (Wildman–Crippen LogP) is 4.02. The van der Waals surface area contributed by atoms with E-state index < -0.39 is 5.92 Å². The maximum atomic E-state index is 13.5. The molecule has 2 nitrogen and oxygen atoms in total. The fraction of sp³-hybridized carbons (Fsp3) is 0.625. The highest BCUT2D eigenvalue weighted by Crippen LogP contribution is 2.40. The summed E-state index contributed by atoms with van der Waals surface area (Å²) in [6.07, 6.45) is 2.19. The number of hydrazine groups is 1. The highest BCUT2D eigenvalue weighted by atomic mass is 19.3. The van der Waals surface area contributed by atoms with E-state index in [1.54, 1.807) is 0 Å². The van der Waals surface area contributed by atoms with Crippen LogP contribution in [0.3, 0.4) is 0 Å². The first-order chi connectivity index (χ1) is 9.41. The first-order valence-corrected chi connectivity index (χ1v) is 7.32. The van der Waals surface area contributed by atoms with Crippen LogP contribution in [0.15, 0.2) is 18.2 Å². The van der Waals surface area contributed by atoms with E-state index in [4.69, 9.17) is 5.84 Å². The fourth-order valence-corrected chi connectivity index (χ4v) is 3.23. The molecule has 1 aliphatic carbocycles. The Balaban J connectivity index is 2.10. The second-order valence-electron chi connectivity index (χ2n) is 6.13. The van der Waals surface area contributed by atoms with Gasteiger partial charge in [-0.25, -0.2) is 8.78 Å². The third kappa shape index (κ3) is 3.76. The molecule has 4 heteroatoms. The lowest BCUT2D eigenvalue weighted by Crippen LogP contribution is -2.33. The average Bonchev–Trinajstić information content (AvgIpc) is 2.38. The number of rotatable bonds is 4. The minimum Gasteiger partial charge on any atom is -0.271 e. The Morgan fingerprint density at radius 2 is 2.15 bits per heavy atom. The van der Waals surface area contributed by atoms with Crippen LogP contribution in [0.4, 0.5) is 8.78 Å². The summed E-state index contributed by atoms with van der Waals surface area (Å²) >= 11 is 0. The Labute approximate surface area is 119 Å². The van der Waals surface area contributed by atoms with E-state index >= 15 is 0 Å². The zero-order chi connectivity index (χ0) is 14.8. The number of alkyl halides is 2. The molecule has 2 unspecified atom stereocenters. The number of benzene rings is 1. The van der Waals surface area contributed by atoms with Gasteiger partial charge in [-0.3, -0.25) is 11.3 Å². The lowest BCUT2D eigenvalue weighted by Gasteiger charge is -2.31. The zero-order valence-corrected chi connectivity index (χ0v) is 12.3. The van der Waals surface area contributed by atoms with Gasteiger partial charge in [-0.15, -0.1) is 0 Å². The molecule has 1 aromatic rings. The van der Waals surface area contributed by atoms with Crippen molar-refractivity contribution < 1.29 is 8.78 Å². The number of aryl methyl sites for hydroxylation is 2. The van der Waals surface area contributed by atoms with Crippen molar-refractivity contribution in [2.75, 3.05) is 0 Å². The van der Waals surface area contributed by atoms with E-state index in [2.05, 4.69) is 23.6 Å². The van der Waals surface area contributed by atoms with Crippen LogP contribution in [0.25, 0.3) is 0 Å². The van der Waals surface area contributed by atoms with Crippen LogP contribution < -0.4 is 11.3 Å². The number of halogens is 2. The normalized spacial score (nSPS) is 23.6. The Morgan fingerprint density at radius 1 is 1.40 bits per heavy atom. The molecule has 0 aliphatic heterocycles. The van der Waals surface area contributed by atoms with Gasteiger partial charge in [0.1, 0.15) is 0 Å². The van der Waals surface area contributed by atoms with Crippen molar-refractivity contribution in [3.8, 4) is 0 Å². The summed E-state index contributed by atoms with van der Waals surface area (Å²) in [6, 6.07) is 6.17. The minimum atomic E-state index is -2.50. The smallest absolute Gasteiger partial charge is 0.248 e. The van der Waals surface area contributed by atoms with Crippen molar-refractivity contribution in [1.29, 1.82) is 0 Å². The van der Waals surface area contributed by atoms with Gasteiger partial charge in [0.15, 0.2) is 0 Å². The highest BCUT2D eigenvalue weighted by Gasteiger charge is 2.37. The third-order valence-electron chi connectivity index (χ3n) is 4.32. The molecule has 0 radical (unpaired) electrons. The van der Waals surface area contributed by atoms with Crippen LogP contribution in [-0.2, 0) is 0 Å². The van der Waals surface area contributed by atoms with E-state index in [0.29, 0.717) is 12.8 Å². The Morgan fingerprint density at radius 3 is 2.80 bits per heavy atom. The van der Waals surface area contributed by atoms with Gasteiger partial charge in [-0.2, -0.15) is 0 Å². The van der Waals surface area contributed by atoms with Gasteiger partial charge in [0.05, 0.1) is 0 Å². The van der Waals surface area contributed by atoms with Crippen LogP contribution >= 0.6 is 0 Å². The molecule has 1 aromatic carbocycles. The number of hydrogen-bond acceptors (Lipinski definition) is 2. The van der Waals surface area contributed by atoms with Crippen molar-refractivity contribution in [2.24, 2.45) is 11.8 Å². The van der Waals surface area contributed by atoms with Gasteiger partial charge in [0, 0.05) is 18.9 Å². The van der Waals surface area contributed by atoms with Gasteiger partial charge in [-0.1, -0.05) is 23.8 Å². The summed E-state index contributed by atoms with van der Waals surface area (Å²) in [5.41, 5.74) is 6.26. The quantitative estimate of drug-likeness (QED) is 0.646. The molecular weight excluding hydrogens is 258 g/mol. The first kappa shape index (κ1) is 15.4. The Hall–Kier alpha value is -1.00. The summed E-state index contributed by atoms with van der Waals surface area (Å²) in [5, 5.41) is 0. The number of nitrogens with one attached hydrogen (secondary N) is 1. The molecular formula is C16H24F2N2. The number of hydrogen-bond donors (Lipinski definition) is 2. The Kier molecular flexibility index (Phi) is 4.76. The molecule has 0 amide bonds.